The normalized spacial score (nSPS) is 20.4. The Hall–Kier alpha value is -2.37. The van der Waals surface area contributed by atoms with Gasteiger partial charge < -0.3 is 15.0 Å². The van der Waals surface area contributed by atoms with Crippen LogP contribution >= 0.6 is 0 Å². The zero-order valence-electron chi connectivity index (χ0n) is 15.2. The van der Waals surface area contributed by atoms with Gasteiger partial charge in [-0.2, -0.15) is 0 Å². The van der Waals surface area contributed by atoms with Crippen LogP contribution in [0.4, 0.5) is 5.69 Å². The van der Waals surface area contributed by atoms with E-state index in [1.807, 2.05) is 24.3 Å². The van der Waals surface area contributed by atoms with Gasteiger partial charge in [-0.05, 0) is 37.0 Å². The Morgan fingerprint density at radius 2 is 1.88 bits per heavy atom. The summed E-state index contributed by atoms with van der Waals surface area (Å²) in [6, 6.07) is 7.98. The molecule has 1 aliphatic carbocycles. The monoisotopic (exact) mass is 358 g/mol. The smallest absolute Gasteiger partial charge is 0.311 e. The van der Waals surface area contributed by atoms with Crippen LogP contribution in [0.2, 0.25) is 0 Å². The molecule has 2 fully saturated rings. The number of carbonyl (C=O) groups excluding carboxylic acids is 3. The molecule has 3 rings (SSSR count). The van der Waals surface area contributed by atoms with Crippen LogP contribution in [-0.2, 0) is 25.5 Å². The van der Waals surface area contributed by atoms with Crippen molar-refractivity contribution in [3.8, 4) is 0 Å². The standard InChI is InChI=1S/C20H26N2O4/c1-2-14-7-9-17(10-8-14)22-12-15(11-19(22)24)20(25)26-13-18(23)21-16-5-3-4-6-16/h7-10,15-16H,2-6,11-13H2,1H3,(H,21,23)/t15-/m1/s1. The van der Waals surface area contributed by atoms with Gasteiger partial charge in [-0.1, -0.05) is 31.9 Å². The topological polar surface area (TPSA) is 75.7 Å². The molecule has 1 N–H and O–H groups in total. The van der Waals surface area contributed by atoms with Crippen molar-refractivity contribution in [3.05, 3.63) is 29.8 Å². The van der Waals surface area contributed by atoms with Crippen molar-refractivity contribution >= 4 is 23.5 Å². The highest BCUT2D eigenvalue weighted by Crippen LogP contribution is 2.26. The molecule has 1 aromatic rings. The highest BCUT2D eigenvalue weighted by molar-refractivity contribution is 5.99. The first-order chi connectivity index (χ1) is 12.6. The van der Waals surface area contributed by atoms with Crippen molar-refractivity contribution in [3.63, 3.8) is 0 Å². The second-order valence-electron chi connectivity index (χ2n) is 7.08. The number of benzene rings is 1. The van der Waals surface area contributed by atoms with Crippen molar-refractivity contribution in [2.24, 2.45) is 5.92 Å². The Morgan fingerprint density at radius 1 is 1.19 bits per heavy atom. The van der Waals surface area contributed by atoms with Crippen molar-refractivity contribution in [1.82, 2.24) is 5.32 Å². The molecule has 0 unspecified atom stereocenters. The zero-order chi connectivity index (χ0) is 18.5. The van der Waals surface area contributed by atoms with Crippen LogP contribution in [-0.4, -0.2) is 37.0 Å². The lowest BCUT2D eigenvalue weighted by Gasteiger charge is -2.17. The summed E-state index contributed by atoms with van der Waals surface area (Å²) in [6.07, 6.45) is 5.30. The van der Waals surface area contributed by atoms with Gasteiger partial charge in [-0.3, -0.25) is 14.4 Å². The van der Waals surface area contributed by atoms with Crippen LogP contribution in [0.25, 0.3) is 0 Å². The molecular formula is C20H26N2O4. The summed E-state index contributed by atoms with van der Waals surface area (Å²) >= 11 is 0. The second-order valence-corrected chi connectivity index (χ2v) is 7.08. The third-order valence-corrected chi connectivity index (χ3v) is 5.18. The Morgan fingerprint density at radius 3 is 2.54 bits per heavy atom. The van der Waals surface area contributed by atoms with Crippen LogP contribution in [0.5, 0.6) is 0 Å². The van der Waals surface area contributed by atoms with Gasteiger partial charge in [0, 0.05) is 24.7 Å². The quantitative estimate of drug-likeness (QED) is 0.791. The van der Waals surface area contributed by atoms with E-state index in [0.29, 0.717) is 6.54 Å². The van der Waals surface area contributed by atoms with Crippen LogP contribution < -0.4 is 10.2 Å². The van der Waals surface area contributed by atoms with E-state index in [-0.39, 0.29) is 30.9 Å². The number of aryl methyl sites for hydroxylation is 1. The van der Waals surface area contributed by atoms with E-state index < -0.39 is 11.9 Å². The zero-order valence-corrected chi connectivity index (χ0v) is 15.2. The number of nitrogens with one attached hydrogen (secondary N) is 1. The Balaban J connectivity index is 1.49. The minimum absolute atomic E-state index is 0.0911. The molecule has 1 atom stereocenters. The number of esters is 1. The molecule has 1 saturated carbocycles. The van der Waals surface area contributed by atoms with E-state index in [1.165, 1.54) is 5.56 Å². The highest BCUT2D eigenvalue weighted by atomic mass is 16.5. The predicted octanol–water partition coefficient (Wildman–Crippen LogP) is 2.20. The molecule has 0 bridgehead atoms. The van der Waals surface area contributed by atoms with Gasteiger partial charge in [0.1, 0.15) is 0 Å². The van der Waals surface area contributed by atoms with Gasteiger partial charge in [0.2, 0.25) is 5.91 Å². The molecule has 1 aliphatic heterocycles. The van der Waals surface area contributed by atoms with E-state index in [0.717, 1.165) is 37.8 Å². The van der Waals surface area contributed by atoms with E-state index in [1.54, 1.807) is 4.90 Å². The average Bonchev–Trinajstić information content (AvgIpc) is 3.29. The highest BCUT2D eigenvalue weighted by Gasteiger charge is 2.36. The number of amides is 2. The van der Waals surface area contributed by atoms with E-state index in [2.05, 4.69) is 12.2 Å². The van der Waals surface area contributed by atoms with Gasteiger partial charge >= 0.3 is 5.97 Å². The number of anilines is 1. The van der Waals surface area contributed by atoms with Gasteiger partial charge in [-0.15, -0.1) is 0 Å². The van der Waals surface area contributed by atoms with Crippen molar-refractivity contribution in [2.45, 2.75) is 51.5 Å². The molecule has 1 heterocycles. The molecule has 0 aromatic heterocycles. The van der Waals surface area contributed by atoms with Crippen LogP contribution in [0.1, 0.15) is 44.6 Å². The minimum Gasteiger partial charge on any atom is -0.455 e. The van der Waals surface area contributed by atoms with Gasteiger partial charge in [0.15, 0.2) is 6.61 Å². The second kappa shape index (κ2) is 8.34. The van der Waals surface area contributed by atoms with Gasteiger partial charge in [-0.25, -0.2) is 0 Å². The predicted molar refractivity (Wildman–Crippen MR) is 97.6 cm³/mol. The molecule has 140 valence electrons. The molecule has 2 amide bonds. The Kier molecular flexibility index (Phi) is 5.91. The lowest BCUT2D eigenvalue weighted by molar-refractivity contribution is -0.152. The van der Waals surface area contributed by atoms with Gasteiger partial charge in [0.05, 0.1) is 5.92 Å². The first-order valence-corrected chi connectivity index (χ1v) is 9.42. The molecule has 0 radical (unpaired) electrons. The molecule has 0 spiro atoms. The first kappa shape index (κ1) is 18.4. The largest absolute Gasteiger partial charge is 0.455 e. The molecule has 6 nitrogen and oxygen atoms in total. The summed E-state index contributed by atoms with van der Waals surface area (Å²) in [7, 11) is 0. The summed E-state index contributed by atoms with van der Waals surface area (Å²) in [5, 5.41) is 2.89. The summed E-state index contributed by atoms with van der Waals surface area (Å²) in [6.45, 7) is 2.10. The summed E-state index contributed by atoms with van der Waals surface area (Å²) < 4.78 is 5.14. The maximum absolute atomic E-state index is 12.3. The van der Waals surface area contributed by atoms with Crippen LogP contribution in [0.15, 0.2) is 24.3 Å². The molecular weight excluding hydrogens is 332 g/mol. The Labute approximate surface area is 153 Å². The first-order valence-electron chi connectivity index (χ1n) is 9.42. The molecule has 2 aliphatic rings. The minimum atomic E-state index is -0.521. The van der Waals surface area contributed by atoms with Crippen LogP contribution in [0.3, 0.4) is 0 Å². The third kappa shape index (κ3) is 4.42. The maximum Gasteiger partial charge on any atom is 0.311 e. The third-order valence-electron chi connectivity index (χ3n) is 5.18. The molecule has 6 heteroatoms. The number of hydrogen-bond donors (Lipinski definition) is 1. The lowest BCUT2D eigenvalue weighted by atomic mass is 10.1. The number of rotatable bonds is 6. The van der Waals surface area contributed by atoms with Crippen molar-refractivity contribution < 1.29 is 19.1 Å². The molecule has 26 heavy (non-hydrogen) atoms. The van der Waals surface area contributed by atoms with Crippen LogP contribution in [0, 0.1) is 5.92 Å². The van der Waals surface area contributed by atoms with Gasteiger partial charge in [0.25, 0.3) is 5.91 Å². The molecule has 1 saturated heterocycles. The maximum atomic E-state index is 12.3. The fraction of sp³-hybridized carbons (Fsp3) is 0.550. The van der Waals surface area contributed by atoms with E-state index in [9.17, 15) is 14.4 Å². The average molecular weight is 358 g/mol. The molecule has 1 aromatic carbocycles. The number of hydrogen-bond acceptors (Lipinski definition) is 4. The lowest BCUT2D eigenvalue weighted by Crippen LogP contribution is -2.36. The Bertz CT molecular complexity index is 665. The van der Waals surface area contributed by atoms with Crippen molar-refractivity contribution in [1.29, 1.82) is 0 Å². The van der Waals surface area contributed by atoms with E-state index in [4.69, 9.17) is 4.74 Å². The fourth-order valence-corrected chi connectivity index (χ4v) is 3.62. The SMILES string of the molecule is CCc1ccc(N2C[C@H](C(=O)OCC(=O)NC3CCCC3)CC2=O)cc1. The summed E-state index contributed by atoms with van der Waals surface area (Å²) in [5.74, 6) is -1.35. The van der Waals surface area contributed by atoms with Crippen molar-refractivity contribution in [2.75, 3.05) is 18.1 Å². The number of ether oxygens (including phenoxy) is 1. The number of nitrogens with zero attached hydrogens (tertiary/aromatic N) is 1. The number of carbonyl (C=O) groups is 3. The summed E-state index contributed by atoms with van der Waals surface area (Å²) in [5.41, 5.74) is 1.99. The van der Waals surface area contributed by atoms with E-state index >= 15 is 0 Å². The summed E-state index contributed by atoms with van der Waals surface area (Å²) in [4.78, 5) is 38.0. The fourth-order valence-electron chi connectivity index (χ4n) is 3.62.